The average molecular weight is 210 g/mol. The fourth-order valence-corrected chi connectivity index (χ4v) is 2.19. The Morgan fingerprint density at radius 1 is 1.40 bits per heavy atom. The number of carbonyl (C=O) groups is 1. The van der Waals surface area contributed by atoms with Crippen LogP contribution in [0.2, 0.25) is 0 Å². The van der Waals surface area contributed by atoms with Gasteiger partial charge in [0.15, 0.2) is 0 Å². The van der Waals surface area contributed by atoms with Crippen LogP contribution >= 0.6 is 0 Å². The summed E-state index contributed by atoms with van der Waals surface area (Å²) >= 11 is 0. The van der Waals surface area contributed by atoms with Gasteiger partial charge in [-0.2, -0.15) is 0 Å². The van der Waals surface area contributed by atoms with Crippen LogP contribution < -0.4 is 5.32 Å². The number of amides is 1. The van der Waals surface area contributed by atoms with E-state index in [0.717, 1.165) is 19.0 Å². The smallest absolute Gasteiger partial charge is 0.236 e. The zero-order valence-electron chi connectivity index (χ0n) is 9.83. The Labute approximate surface area is 92.2 Å². The van der Waals surface area contributed by atoms with Crippen LogP contribution in [-0.4, -0.2) is 36.5 Å². The van der Waals surface area contributed by atoms with Gasteiger partial charge in [0.1, 0.15) is 0 Å². The van der Waals surface area contributed by atoms with Crippen LogP contribution in [0.15, 0.2) is 0 Å². The van der Waals surface area contributed by atoms with Gasteiger partial charge in [-0.05, 0) is 31.1 Å². The van der Waals surface area contributed by atoms with Gasteiger partial charge in [-0.25, -0.2) is 0 Å². The molecular weight excluding hydrogens is 188 g/mol. The Balaban J connectivity index is 1.71. The van der Waals surface area contributed by atoms with Crippen LogP contribution in [-0.2, 0) is 4.79 Å². The van der Waals surface area contributed by atoms with Crippen LogP contribution in [0.25, 0.3) is 0 Å². The van der Waals surface area contributed by atoms with Crippen molar-refractivity contribution in [1.29, 1.82) is 0 Å². The number of nitrogens with zero attached hydrogens (tertiary/aromatic N) is 1. The Bertz CT molecular complexity index is 236. The molecule has 1 aliphatic carbocycles. The van der Waals surface area contributed by atoms with E-state index >= 15 is 0 Å². The van der Waals surface area contributed by atoms with Crippen LogP contribution in [0.1, 0.15) is 33.1 Å². The Morgan fingerprint density at radius 2 is 2.13 bits per heavy atom. The fraction of sp³-hybridized carbons (Fsp3) is 0.917. The van der Waals surface area contributed by atoms with E-state index in [1.54, 1.807) is 0 Å². The SMILES string of the molecule is CC(C)C1CCN(C(=O)CNC2CC2)C1. The molecule has 0 bridgehead atoms. The summed E-state index contributed by atoms with van der Waals surface area (Å²) in [6.07, 6.45) is 3.69. The molecule has 1 saturated carbocycles. The molecule has 1 N–H and O–H groups in total. The van der Waals surface area contributed by atoms with Crippen molar-refractivity contribution in [3.8, 4) is 0 Å². The third-order valence-electron chi connectivity index (χ3n) is 3.64. The van der Waals surface area contributed by atoms with E-state index in [1.165, 1.54) is 19.3 Å². The molecule has 1 unspecified atom stereocenters. The second-order valence-corrected chi connectivity index (χ2v) is 5.29. The topological polar surface area (TPSA) is 32.3 Å². The quantitative estimate of drug-likeness (QED) is 0.757. The van der Waals surface area contributed by atoms with Crippen molar-refractivity contribution >= 4 is 5.91 Å². The minimum Gasteiger partial charge on any atom is -0.341 e. The van der Waals surface area contributed by atoms with E-state index in [9.17, 15) is 4.79 Å². The van der Waals surface area contributed by atoms with Crippen molar-refractivity contribution in [3.05, 3.63) is 0 Å². The molecule has 0 aromatic rings. The van der Waals surface area contributed by atoms with E-state index in [2.05, 4.69) is 19.2 Å². The number of hydrogen-bond acceptors (Lipinski definition) is 2. The molecule has 2 rings (SSSR count). The molecule has 1 heterocycles. The van der Waals surface area contributed by atoms with Crippen molar-refractivity contribution < 1.29 is 4.79 Å². The molecular formula is C12H22N2O. The molecule has 0 spiro atoms. The molecule has 1 amide bonds. The summed E-state index contributed by atoms with van der Waals surface area (Å²) in [5, 5.41) is 3.29. The van der Waals surface area contributed by atoms with Gasteiger partial charge in [0.2, 0.25) is 5.91 Å². The van der Waals surface area contributed by atoms with E-state index in [0.29, 0.717) is 24.4 Å². The monoisotopic (exact) mass is 210 g/mol. The normalized spacial score (nSPS) is 26.3. The van der Waals surface area contributed by atoms with Gasteiger partial charge in [-0.3, -0.25) is 4.79 Å². The van der Waals surface area contributed by atoms with E-state index in [4.69, 9.17) is 0 Å². The maximum atomic E-state index is 11.8. The first-order chi connectivity index (χ1) is 7.16. The first-order valence-corrected chi connectivity index (χ1v) is 6.18. The zero-order chi connectivity index (χ0) is 10.8. The van der Waals surface area contributed by atoms with Crippen LogP contribution in [0.5, 0.6) is 0 Å². The molecule has 1 saturated heterocycles. The number of likely N-dealkylation sites (tertiary alicyclic amines) is 1. The third kappa shape index (κ3) is 2.94. The largest absolute Gasteiger partial charge is 0.341 e. The van der Waals surface area contributed by atoms with Gasteiger partial charge < -0.3 is 10.2 Å². The predicted molar refractivity (Wildman–Crippen MR) is 60.5 cm³/mol. The second kappa shape index (κ2) is 4.52. The molecule has 0 radical (unpaired) electrons. The lowest BCUT2D eigenvalue weighted by molar-refractivity contribution is -0.129. The number of carbonyl (C=O) groups excluding carboxylic acids is 1. The summed E-state index contributed by atoms with van der Waals surface area (Å²) in [6, 6.07) is 0.637. The van der Waals surface area contributed by atoms with Crippen molar-refractivity contribution in [2.75, 3.05) is 19.6 Å². The van der Waals surface area contributed by atoms with Crippen molar-refractivity contribution in [2.24, 2.45) is 11.8 Å². The number of hydrogen-bond donors (Lipinski definition) is 1. The van der Waals surface area contributed by atoms with Gasteiger partial charge in [0.05, 0.1) is 6.54 Å². The second-order valence-electron chi connectivity index (χ2n) is 5.29. The maximum absolute atomic E-state index is 11.8. The molecule has 3 heteroatoms. The van der Waals surface area contributed by atoms with E-state index in [1.807, 2.05) is 4.90 Å². The molecule has 1 aliphatic heterocycles. The van der Waals surface area contributed by atoms with E-state index < -0.39 is 0 Å². The number of rotatable bonds is 4. The van der Waals surface area contributed by atoms with Gasteiger partial charge in [0.25, 0.3) is 0 Å². The highest BCUT2D eigenvalue weighted by Gasteiger charge is 2.29. The summed E-state index contributed by atoms with van der Waals surface area (Å²) in [4.78, 5) is 13.8. The van der Waals surface area contributed by atoms with Crippen LogP contribution in [0, 0.1) is 11.8 Å². The highest BCUT2D eigenvalue weighted by atomic mass is 16.2. The van der Waals surface area contributed by atoms with Gasteiger partial charge >= 0.3 is 0 Å². The minimum atomic E-state index is 0.296. The summed E-state index contributed by atoms with van der Waals surface area (Å²) in [7, 11) is 0. The van der Waals surface area contributed by atoms with Crippen molar-refractivity contribution in [1.82, 2.24) is 10.2 Å². The fourth-order valence-electron chi connectivity index (χ4n) is 2.19. The van der Waals surface area contributed by atoms with Gasteiger partial charge in [-0.1, -0.05) is 13.8 Å². The standard InChI is InChI=1S/C12H22N2O/c1-9(2)10-5-6-14(8-10)12(15)7-13-11-3-4-11/h9-11,13H,3-8H2,1-2H3. The minimum absolute atomic E-state index is 0.296. The molecule has 0 aromatic carbocycles. The summed E-state index contributed by atoms with van der Waals surface area (Å²) in [5.74, 6) is 1.72. The summed E-state index contributed by atoms with van der Waals surface area (Å²) in [6.45, 7) is 6.99. The Morgan fingerprint density at radius 3 is 2.67 bits per heavy atom. The molecule has 2 fully saturated rings. The lowest BCUT2D eigenvalue weighted by Gasteiger charge is -2.18. The average Bonchev–Trinajstić information content (AvgIpc) is 2.88. The van der Waals surface area contributed by atoms with Gasteiger partial charge in [-0.15, -0.1) is 0 Å². The van der Waals surface area contributed by atoms with Crippen LogP contribution in [0.3, 0.4) is 0 Å². The molecule has 1 atom stereocenters. The molecule has 0 aromatic heterocycles. The molecule has 3 nitrogen and oxygen atoms in total. The summed E-state index contributed by atoms with van der Waals surface area (Å²) in [5.41, 5.74) is 0. The molecule has 2 aliphatic rings. The molecule has 86 valence electrons. The third-order valence-corrected chi connectivity index (χ3v) is 3.64. The maximum Gasteiger partial charge on any atom is 0.236 e. The zero-order valence-corrected chi connectivity index (χ0v) is 9.83. The molecule has 15 heavy (non-hydrogen) atoms. The first kappa shape index (κ1) is 10.9. The number of nitrogens with one attached hydrogen (secondary N) is 1. The predicted octanol–water partition coefficient (Wildman–Crippen LogP) is 1.24. The summed E-state index contributed by atoms with van der Waals surface area (Å²) < 4.78 is 0. The van der Waals surface area contributed by atoms with Gasteiger partial charge in [0, 0.05) is 19.1 Å². The highest BCUT2D eigenvalue weighted by Crippen LogP contribution is 2.23. The first-order valence-electron chi connectivity index (χ1n) is 6.18. The highest BCUT2D eigenvalue weighted by molar-refractivity contribution is 5.78. The lowest BCUT2D eigenvalue weighted by atomic mass is 9.95. The Hall–Kier alpha value is -0.570. The Kier molecular flexibility index (Phi) is 3.29. The van der Waals surface area contributed by atoms with Crippen molar-refractivity contribution in [3.63, 3.8) is 0 Å². The lowest BCUT2D eigenvalue weighted by Crippen LogP contribution is -2.37. The van der Waals surface area contributed by atoms with Crippen molar-refractivity contribution in [2.45, 2.75) is 39.2 Å². The van der Waals surface area contributed by atoms with Crippen LogP contribution in [0.4, 0.5) is 0 Å². The van der Waals surface area contributed by atoms with E-state index in [-0.39, 0.29) is 0 Å².